The summed E-state index contributed by atoms with van der Waals surface area (Å²) in [6.45, 7) is 7.22. The van der Waals surface area contributed by atoms with Gasteiger partial charge in [0.05, 0.1) is 0 Å². The first-order valence-corrected chi connectivity index (χ1v) is 6.98. The van der Waals surface area contributed by atoms with Crippen molar-refractivity contribution in [3.8, 4) is 11.6 Å². The molecular formula is C17H22N2O. The van der Waals surface area contributed by atoms with Crippen molar-refractivity contribution >= 4 is 0 Å². The van der Waals surface area contributed by atoms with Gasteiger partial charge in [0, 0.05) is 18.8 Å². The van der Waals surface area contributed by atoms with Crippen molar-refractivity contribution in [2.45, 2.75) is 33.2 Å². The fourth-order valence-corrected chi connectivity index (χ4v) is 1.98. The number of ether oxygens (including phenoxy) is 1. The fourth-order valence-electron chi connectivity index (χ4n) is 1.98. The highest BCUT2D eigenvalue weighted by atomic mass is 16.5. The van der Waals surface area contributed by atoms with Gasteiger partial charge in [-0.05, 0) is 42.6 Å². The molecule has 0 aliphatic heterocycles. The zero-order valence-corrected chi connectivity index (χ0v) is 12.6. The Morgan fingerprint density at radius 2 is 2.00 bits per heavy atom. The van der Waals surface area contributed by atoms with Crippen LogP contribution in [0.2, 0.25) is 0 Å². The summed E-state index contributed by atoms with van der Waals surface area (Å²) in [4.78, 5) is 4.35. The Bertz CT molecular complexity index is 562. The van der Waals surface area contributed by atoms with Crippen LogP contribution in [0.1, 0.15) is 36.5 Å². The Hall–Kier alpha value is -1.87. The highest BCUT2D eigenvalue weighted by Crippen LogP contribution is 2.27. The Kier molecular flexibility index (Phi) is 4.74. The Labute approximate surface area is 121 Å². The number of pyridine rings is 1. The number of rotatable bonds is 5. The third-order valence-electron chi connectivity index (χ3n) is 3.27. The summed E-state index contributed by atoms with van der Waals surface area (Å²) >= 11 is 0. The standard InChI is InChI=1S/C17H22N2O/c1-12(2)15-7-5-13(3)16(9-15)20-17-8-6-14(10-18-4)11-19-17/h5-9,11-12,18H,10H2,1-4H3. The maximum atomic E-state index is 5.90. The average molecular weight is 270 g/mol. The van der Waals surface area contributed by atoms with Crippen molar-refractivity contribution in [1.82, 2.24) is 10.3 Å². The van der Waals surface area contributed by atoms with Crippen molar-refractivity contribution in [3.05, 3.63) is 53.2 Å². The van der Waals surface area contributed by atoms with Crippen LogP contribution in [0.15, 0.2) is 36.5 Å². The molecule has 0 saturated heterocycles. The number of nitrogens with one attached hydrogen (secondary N) is 1. The highest BCUT2D eigenvalue weighted by molar-refractivity contribution is 5.40. The van der Waals surface area contributed by atoms with Crippen molar-refractivity contribution in [2.75, 3.05) is 7.05 Å². The van der Waals surface area contributed by atoms with Gasteiger partial charge in [-0.15, -0.1) is 0 Å². The summed E-state index contributed by atoms with van der Waals surface area (Å²) in [7, 11) is 1.92. The number of aryl methyl sites for hydroxylation is 1. The molecule has 20 heavy (non-hydrogen) atoms. The Balaban J connectivity index is 2.18. The Morgan fingerprint density at radius 3 is 2.60 bits per heavy atom. The molecule has 0 bridgehead atoms. The minimum Gasteiger partial charge on any atom is -0.439 e. The van der Waals surface area contributed by atoms with E-state index in [1.165, 1.54) is 5.56 Å². The van der Waals surface area contributed by atoms with E-state index in [1.54, 1.807) is 0 Å². The van der Waals surface area contributed by atoms with Gasteiger partial charge in [-0.1, -0.05) is 32.0 Å². The van der Waals surface area contributed by atoms with E-state index in [2.05, 4.69) is 49.3 Å². The smallest absolute Gasteiger partial charge is 0.219 e. The summed E-state index contributed by atoms with van der Waals surface area (Å²) in [6, 6.07) is 10.3. The molecule has 1 aromatic carbocycles. The SMILES string of the molecule is CNCc1ccc(Oc2cc(C(C)C)ccc2C)nc1. The number of hydrogen-bond acceptors (Lipinski definition) is 3. The van der Waals surface area contributed by atoms with Crippen molar-refractivity contribution in [1.29, 1.82) is 0 Å². The van der Waals surface area contributed by atoms with Gasteiger partial charge in [0.25, 0.3) is 0 Å². The van der Waals surface area contributed by atoms with Gasteiger partial charge >= 0.3 is 0 Å². The first-order chi connectivity index (χ1) is 9.60. The fraction of sp³-hybridized carbons (Fsp3) is 0.353. The second-order valence-corrected chi connectivity index (χ2v) is 5.32. The molecular weight excluding hydrogens is 248 g/mol. The van der Waals surface area contributed by atoms with Crippen LogP contribution in [-0.4, -0.2) is 12.0 Å². The molecule has 0 saturated carbocycles. The van der Waals surface area contributed by atoms with E-state index in [0.717, 1.165) is 23.4 Å². The van der Waals surface area contributed by atoms with E-state index in [9.17, 15) is 0 Å². The maximum absolute atomic E-state index is 5.90. The number of aromatic nitrogens is 1. The van der Waals surface area contributed by atoms with E-state index in [1.807, 2.05) is 25.4 Å². The first kappa shape index (κ1) is 14.5. The van der Waals surface area contributed by atoms with Crippen molar-refractivity contribution in [2.24, 2.45) is 0 Å². The van der Waals surface area contributed by atoms with E-state index < -0.39 is 0 Å². The predicted octanol–water partition coefficient (Wildman–Crippen LogP) is 4.03. The molecule has 3 nitrogen and oxygen atoms in total. The number of hydrogen-bond donors (Lipinski definition) is 1. The van der Waals surface area contributed by atoms with Crippen molar-refractivity contribution in [3.63, 3.8) is 0 Å². The molecule has 0 unspecified atom stereocenters. The zero-order chi connectivity index (χ0) is 14.5. The Morgan fingerprint density at radius 1 is 1.20 bits per heavy atom. The molecule has 0 aliphatic carbocycles. The van der Waals surface area contributed by atoms with E-state index in [4.69, 9.17) is 4.74 Å². The summed E-state index contributed by atoms with van der Waals surface area (Å²) < 4.78 is 5.90. The molecule has 2 rings (SSSR count). The molecule has 0 atom stereocenters. The lowest BCUT2D eigenvalue weighted by molar-refractivity contribution is 0.458. The summed E-state index contributed by atoms with van der Waals surface area (Å²) in [5.41, 5.74) is 3.54. The zero-order valence-electron chi connectivity index (χ0n) is 12.6. The predicted molar refractivity (Wildman–Crippen MR) is 82.3 cm³/mol. The second-order valence-electron chi connectivity index (χ2n) is 5.32. The maximum Gasteiger partial charge on any atom is 0.219 e. The molecule has 0 aliphatic rings. The summed E-state index contributed by atoms with van der Waals surface area (Å²) in [5, 5.41) is 3.10. The lowest BCUT2D eigenvalue weighted by Gasteiger charge is -2.12. The van der Waals surface area contributed by atoms with E-state index >= 15 is 0 Å². The molecule has 1 aromatic heterocycles. The van der Waals surface area contributed by atoms with E-state index in [-0.39, 0.29) is 0 Å². The minimum atomic E-state index is 0.490. The monoisotopic (exact) mass is 270 g/mol. The van der Waals surface area contributed by atoms with Gasteiger partial charge in [0.1, 0.15) is 5.75 Å². The lowest BCUT2D eigenvalue weighted by Crippen LogP contribution is -2.05. The summed E-state index contributed by atoms with van der Waals surface area (Å²) in [5.74, 6) is 2.00. The van der Waals surface area contributed by atoms with Gasteiger partial charge in [-0.2, -0.15) is 0 Å². The van der Waals surface area contributed by atoms with Crippen molar-refractivity contribution < 1.29 is 4.74 Å². The van der Waals surface area contributed by atoms with Crippen LogP contribution in [0, 0.1) is 6.92 Å². The topological polar surface area (TPSA) is 34.1 Å². The van der Waals surface area contributed by atoms with Gasteiger partial charge < -0.3 is 10.1 Å². The molecule has 0 fully saturated rings. The third kappa shape index (κ3) is 3.58. The largest absolute Gasteiger partial charge is 0.439 e. The van der Waals surface area contributed by atoms with Crippen LogP contribution in [0.3, 0.4) is 0 Å². The first-order valence-electron chi connectivity index (χ1n) is 6.98. The number of benzene rings is 1. The summed E-state index contributed by atoms with van der Waals surface area (Å²) in [6.07, 6.45) is 1.84. The molecule has 2 aromatic rings. The molecule has 0 amide bonds. The van der Waals surface area contributed by atoms with E-state index in [0.29, 0.717) is 11.8 Å². The van der Waals surface area contributed by atoms with Gasteiger partial charge in [-0.3, -0.25) is 0 Å². The normalized spacial score (nSPS) is 10.8. The highest BCUT2D eigenvalue weighted by Gasteiger charge is 2.06. The van der Waals surface area contributed by atoms with Crippen LogP contribution in [0.5, 0.6) is 11.6 Å². The van der Waals surface area contributed by atoms with Crippen LogP contribution < -0.4 is 10.1 Å². The van der Waals surface area contributed by atoms with Crippen LogP contribution >= 0.6 is 0 Å². The second kappa shape index (κ2) is 6.53. The minimum absolute atomic E-state index is 0.490. The van der Waals surface area contributed by atoms with Crippen LogP contribution in [0.4, 0.5) is 0 Å². The third-order valence-corrected chi connectivity index (χ3v) is 3.27. The molecule has 0 radical (unpaired) electrons. The quantitative estimate of drug-likeness (QED) is 0.891. The van der Waals surface area contributed by atoms with Gasteiger partial charge in [0.2, 0.25) is 5.88 Å². The molecule has 3 heteroatoms. The van der Waals surface area contributed by atoms with Crippen LogP contribution in [-0.2, 0) is 6.54 Å². The lowest BCUT2D eigenvalue weighted by atomic mass is 10.0. The van der Waals surface area contributed by atoms with Gasteiger partial charge in [0.15, 0.2) is 0 Å². The average Bonchev–Trinajstić information content (AvgIpc) is 2.43. The van der Waals surface area contributed by atoms with Crippen LogP contribution in [0.25, 0.3) is 0 Å². The molecule has 1 N–H and O–H groups in total. The molecule has 106 valence electrons. The molecule has 1 heterocycles. The molecule has 0 spiro atoms. The van der Waals surface area contributed by atoms with Gasteiger partial charge in [-0.25, -0.2) is 4.98 Å². The number of nitrogens with zero attached hydrogens (tertiary/aromatic N) is 1.